The average Bonchev–Trinajstić information content (AvgIpc) is 3.16. The number of carbonyl (C=O) groups excluding carboxylic acids is 1. The number of amides is 1. The van der Waals surface area contributed by atoms with E-state index in [2.05, 4.69) is 15.6 Å². The van der Waals surface area contributed by atoms with E-state index in [-0.39, 0.29) is 24.6 Å². The Morgan fingerprint density at radius 3 is 2.81 bits per heavy atom. The Hall–Kier alpha value is -2.12. The molecule has 1 aromatic rings. The molecule has 0 aromatic heterocycles. The van der Waals surface area contributed by atoms with E-state index >= 15 is 0 Å². The summed E-state index contributed by atoms with van der Waals surface area (Å²) in [6, 6.07) is 10.1. The summed E-state index contributed by atoms with van der Waals surface area (Å²) in [4.78, 5) is 18.0. The normalized spacial score (nSPS) is 18.4. The highest BCUT2D eigenvalue weighted by molar-refractivity contribution is 5.86. The molecular weight excluding hydrogens is 332 g/mol. The molecule has 1 amide bonds. The number of nitrogens with one attached hydrogen (secondary N) is 2. The van der Waals surface area contributed by atoms with Crippen LogP contribution in [0.15, 0.2) is 35.3 Å². The SMILES string of the molecule is CC(COC1CCOC1)NC(=NCc1ccccc1)NCC(=O)N(C)C. The van der Waals surface area contributed by atoms with Gasteiger partial charge in [-0.25, -0.2) is 4.99 Å². The number of aliphatic imine (C=N–C) groups is 1. The minimum atomic E-state index is -0.00813. The van der Waals surface area contributed by atoms with Crippen LogP contribution in [-0.4, -0.2) is 69.4 Å². The molecule has 1 fully saturated rings. The van der Waals surface area contributed by atoms with Crippen molar-refractivity contribution >= 4 is 11.9 Å². The molecule has 0 radical (unpaired) electrons. The van der Waals surface area contributed by atoms with Crippen LogP contribution in [0, 0.1) is 0 Å². The second-order valence-electron chi connectivity index (χ2n) is 6.66. The molecule has 2 N–H and O–H groups in total. The van der Waals surface area contributed by atoms with Gasteiger partial charge in [-0.3, -0.25) is 4.79 Å². The van der Waals surface area contributed by atoms with Crippen molar-refractivity contribution in [2.24, 2.45) is 4.99 Å². The van der Waals surface area contributed by atoms with Gasteiger partial charge in [0.25, 0.3) is 0 Å². The fourth-order valence-electron chi connectivity index (χ4n) is 2.42. The van der Waals surface area contributed by atoms with E-state index in [4.69, 9.17) is 9.47 Å². The van der Waals surface area contributed by atoms with Crippen molar-refractivity contribution in [1.82, 2.24) is 15.5 Å². The Morgan fingerprint density at radius 2 is 2.15 bits per heavy atom. The lowest BCUT2D eigenvalue weighted by Crippen LogP contribution is -2.47. The molecule has 1 aromatic carbocycles. The molecule has 2 atom stereocenters. The minimum absolute atomic E-state index is 0.00813. The highest BCUT2D eigenvalue weighted by Crippen LogP contribution is 2.08. The minimum Gasteiger partial charge on any atom is -0.379 e. The molecule has 144 valence electrons. The van der Waals surface area contributed by atoms with Gasteiger partial charge in [0.1, 0.15) is 0 Å². The predicted octanol–water partition coefficient (Wildman–Crippen LogP) is 1.00. The monoisotopic (exact) mass is 362 g/mol. The molecule has 0 saturated carbocycles. The van der Waals surface area contributed by atoms with Gasteiger partial charge in [-0.15, -0.1) is 0 Å². The first-order valence-corrected chi connectivity index (χ1v) is 9.03. The molecule has 7 nitrogen and oxygen atoms in total. The Bertz CT molecular complexity index is 571. The number of hydrogen-bond acceptors (Lipinski definition) is 4. The third-order valence-electron chi connectivity index (χ3n) is 4.02. The van der Waals surface area contributed by atoms with Gasteiger partial charge in [0.05, 0.1) is 32.4 Å². The van der Waals surface area contributed by atoms with Crippen LogP contribution < -0.4 is 10.6 Å². The third-order valence-corrected chi connectivity index (χ3v) is 4.02. The molecule has 0 bridgehead atoms. The maximum absolute atomic E-state index is 11.8. The number of hydrogen-bond donors (Lipinski definition) is 2. The number of nitrogens with zero attached hydrogens (tertiary/aromatic N) is 2. The summed E-state index contributed by atoms with van der Waals surface area (Å²) in [6.45, 7) is 4.75. The standard InChI is InChI=1S/C19H30N4O3/c1-15(13-26-17-9-10-25-14-17)22-19(21-12-18(24)23(2)3)20-11-16-7-5-4-6-8-16/h4-8,15,17H,9-14H2,1-3H3,(H2,20,21,22). The van der Waals surface area contributed by atoms with Gasteiger partial charge in [0, 0.05) is 26.7 Å². The third kappa shape index (κ3) is 7.41. The number of guanidine groups is 1. The molecule has 2 rings (SSSR count). The number of benzene rings is 1. The molecule has 26 heavy (non-hydrogen) atoms. The lowest BCUT2D eigenvalue weighted by atomic mass is 10.2. The molecule has 1 heterocycles. The van der Waals surface area contributed by atoms with Crippen LogP contribution in [0.25, 0.3) is 0 Å². The van der Waals surface area contributed by atoms with E-state index in [1.54, 1.807) is 19.0 Å². The Labute approximate surface area is 155 Å². The maximum atomic E-state index is 11.8. The van der Waals surface area contributed by atoms with Gasteiger partial charge < -0.3 is 25.0 Å². The van der Waals surface area contributed by atoms with Crippen molar-refractivity contribution in [3.8, 4) is 0 Å². The van der Waals surface area contributed by atoms with Crippen LogP contribution in [0.2, 0.25) is 0 Å². The van der Waals surface area contributed by atoms with Crippen LogP contribution in [0.4, 0.5) is 0 Å². The highest BCUT2D eigenvalue weighted by atomic mass is 16.5. The number of likely N-dealkylation sites (N-methyl/N-ethyl adjacent to an activating group) is 1. The van der Waals surface area contributed by atoms with E-state index in [9.17, 15) is 4.79 Å². The molecule has 1 saturated heterocycles. The summed E-state index contributed by atoms with van der Waals surface area (Å²) in [6.07, 6.45) is 1.12. The van der Waals surface area contributed by atoms with E-state index in [0.717, 1.165) is 18.6 Å². The van der Waals surface area contributed by atoms with Crippen LogP contribution >= 0.6 is 0 Å². The van der Waals surface area contributed by atoms with Crippen molar-refractivity contribution in [3.05, 3.63) is 35.9 Å². The van der Waals surface area contributed by atoms with Crippen LogP contribution in [0.3, 0.4) is 0 Å². The summed E-state index contributed by atoms with van der Waals surface area (Å²) < 4.78 is 11.2. The Balaban J connectivity index is 1.88. The van der Waals surface area contributed by atoms with Crippen molar-refractivity contribution < 1.29 is 14.3 Å². The summed E-state index contributed by atoms with van der Waals surface area (Å²) in [5.74, 6) is 0.592. The lowest BCUT2D eigenvalue weighted by molar-refractivity contribution is -0.127. The summed E-state index contributed by atoms with van der Waals surface area (Å²) in [5, 5.41) is 6.41. The summed E-state index contributed by atoms with van der Waals surface area (Å²) >= 11 is 0. The zero-order valence-electron chi connectivity index (χ0n) is 15.9. The average molecular weight is 362 g/mol. The molecule has 1 aliphatic rings. The van der Waals surface area contributed by atoms with Gasteiger partial charge in [-0.1, -0.05) is 30.3 Å². The fraction of sp³-hybridized carbons (Fsp3) is 0.579. The Morgan fingerprint density at radius 1 is 1.38 bits per heavy atom. The molecule has 0 aliphatic carbocycles. The van der Waals surface area contributed by atoms with Crippen molar-refractivity contribution in [1.29, 1.82) is 0 Å². The lowest BCUT2D eigenvalue weighted by Gasteiger charge is -2.20. The van der Waals surface area contributed by atoms with Gasteiger partial charge in [0.2, 0.25) is 5.91 Å². The van der Waals surface area contributed by atoms with Crippen molar-refractivity contribution in [2.45, 2.75) is 32.0 Å². The second kappa shape index (κ2) is 10.8. The summed E-state index contributed by atoms with van der Waals surface area (Å²) in [7, 11) is 3.47. The zero-order chi connectivity index (χ0) is 18.8. The van der Waals surface area contributed by atoms with Gasteiger partial charge in [-0.05, 0) is 18.9 Å². The van der Waals surface area contributed by atoms with E-state index in [1.165, 1.54) is 0 Å². The first kappa shape index (κ1) is 20.2. The maximum Gasteiger partial charge on any atom is 0.241 e. The van der Waals surface area contributed by atoms with Gasteiger partial charge >= 0.3 is 0 Å². The molecule has 1 aliphatic heterocycles. The Kier molecular flexibility index (Phi) is 8.37. The zero-order valence-corrected chi connectivity index (χ0v) is 15.9. The number of rotatable bonds is 8. The molecular formula is C19H30N4O3. The molecule has 0 spiro atoms. The largest absolute Gasteiger partial charge is 0.379 e. The van der Waals surface area contributed by atoms with Crippen molar-refractivity contribution in [2.75, 3.05) is 40.5 Å². The first-order chi connectivity index (χ1) is 12.5. The van der Waals surface area contributed by atoms with E-state index < -0.39 is 0 Å². The topological polar surface area (TPSA) is 75.2 Å². The highest BCUT2D eigenvalue weighted by Gasteiger charge is 2.17. The van der Waals surface area contributed by atoms with E-state index in [1.807, 2.05) is 37.3 Å². The van der Waals surface area contributed by atoms with Crippen LogP contribution in [-0.2, 0) is 20.8 Å². The van der Waals surface area contributed by atoms with Gasteiger partial charge in [0.15, 0.2) is 5.96 Å². The van der Waals surface area contributed by atoms with Crippen molar-refractivity contribution in [3.63, 3.8) is 0 Å². The summed E-state index contributed by atoms with van der Waals surface area (Å²) in [5.41, 5.74) is 1.11. The van der Waals surface area contributed by atoms with Gasteiger partial charge in [-0.2, -0.15) is 0 Å². The predicted molar refractivity (Wildman–Crippen MR) is 102 cm³/mol. The van der Waals surface area contributed by atoms with Crippen LogP contribution in [0.1, 0.15) is 18.9 Å². The second-order valence-corrected chi connectivity index (χ2v) is 6.66. The fourth-order valence-corrected chi connectivity index (χ4v) is 2.42. The van der Waals surface area contributed by atoms with Crippen LogP contribution in [0.5, 0.6) is 0 Å². The molecule has 2 unspecified atom stereocenters. The van der Waals surface area contributed by atoms with E-state index in [0.29, 0.717) is 25.7 Å². The first-order valence-electron chi connectivity index (χ1n) is 9.03. The smallest absolute Gasteiger partial charge is 0.241 e. The quantitative estimate of drug-likeness (QED) is 0.533. The molecule has 7 heteroatoms. The number of carbonyl (C=O) groups is 1. The number of ether oxygens (including phenoxy) is 2.